The van der Waals surface area contributed by atoms with Crippen LogP contribution >= 0.6 is 0 Å². The molecular formula is C16H17N3O2S. The smallest absolute Gasteiger partial charge is 0.244 e. The van der Waals surface area contributed by atoms with Crippen molar-refractivity contribution in [3.63, 3.8) is 0 Å². The molecule has 0 amide bonds. The number of aromatic nitrogens is 1. The van der Waals surface area contributed by atoms with Crippen molar-refractivity contribution in [3.8, 4) is 0 Å². The quantitative estimate of drug-likeness (QED) is 0.912. The number of pyridine rings is 1. The summed E-state index contributed by atoms with van der Waals surface area (Å²) < 4.78 is 27.7. The van der Waals surface area contributed by atoms with E-state index in [0.717, 1.165) is 24.1 Å². The Morgan fingerprint density at radius 2 is 2.09 bits per heavy atom. The van der Waals surface area contributed by atoms with Gasteiger partial charge in [-0.1, -0.05) is 24.3 Å². The summed E-state index contributed by atoms with van der Waals surface area (Å²) in [7, 11) is -3.47. The third-order valence-corrected chi connectivity index (χ3v) is 6.59. The fraction of sp³-hybridized carbons (Fsp3) is 0.312. The molecule has 0 saturated carbocycles. The van der Waals surface area contributed by atoms with Gasteiger partial charge in [0.2, 0.25) is 10.0 Å². The zero-order valence-corrected chi connectivity index (χ0v) is 12.9. The zero-order valence-electron chi connectivity index (χ0n) is 12.1. The molecule has 114 valence electrons. The fourth-order valence-corrected chi connectivity index (χ4v) is 5.63. The molecule has 1 aromatic heterocycles. The average molecular weight is 315 g/mol. The first-order valence-corrected chi connectivity index (χ1v) is 8.81. The molecule has 2 aliphatic heterocycles. The molecule has 1 unspecified atom stereocenters. The second-order valence-corrected chi connectivity index (χ2v) is 7.66. The van der Waals surface area contributed by atoms with Crippen LogP contribution in [0.25, 0.3) is 0 Å². The number of nitrogens with zero attached hydrogens (tertiary/aromatic N) is 2. The van der Waals surface area contributed by atoms with E-state index in [1.807, 2.05) is 24.3 Å². The summed E-state index contributed by atoms with van der Waals surface area (Å²) >= 11 is 0. The summed E-state index contributed by atoms with van der Waals surface area (Å²) in [4.78, 5) is 4.55. The third-order valence-electron chi connectivity index (χ3n) is 4.62. The van der Waals surface area contributed by atoms with Crippen LogP contribution in [-0.2, 0) is 22.1 Å². The lowest BCUT2D eigenvalue weighted by Gasteiger charge is -2.33. The van der Waals surface area contributed by atoms with Gasteiger partial charge < -0.3 is 5.32 Å². The van der Waals surface area contributed by atoms with E-state index in [0.29, 0.717) is 18.0 Å². The molecule has 0 bridgehead atoms. The highest BCUT2D eigenvalue weighted by Gasteiger charge is 2.54. The highest BCUT2D eigenvalue weighted by atomic mass is 32.2. The SMILES string of the molecule is O=S1(=O)c2ccccc2C2(CCNC2)N1Cc1cccnc1. The first kappa shape index (κ1) is 13.9. The summed E-state index contributed by atoms with van der Waals surface area (Å²) in [5, 5.41) is 3.33. The van der Waals surface area contributed by atoms with Crippen molar-refractivity contribution in [2.45, 2.75) is 23.4 Å². The third kappa shape index (κ3) is 1.84. The largest absolute Gasteiger partial charge is 0.314 e. The van der Waals surface area contributed by atoms with Crippen LogP contribution in [-0.4, -0.2) is 30.8 Å². The van der Waals surface area contributed by atoms with Gasteiger partial charge >= 0.3 is 0 Å². The topological polar surface area (TPSA) is 62.3 Å². The van der Waals surface area contributed by atoms with Crippen LogP contribution in [0.2, 0.25) is 0 Å². The Kier molecular flexibility index (Phi) is 3.07. The molecule has 1 atom stereocenters. The minimum atomic E-state index is -3.47. The van der Waals surface area contributed by atoms with Crippen LogP contribution in [0.5, 0.6) is 0 Å². The van der Waals surface area contributed by atoms with E-state index in [1.54, 1.807) is 28.8 Å². The summed E-state index contributed by atoms with van der Waals surface area (Å²) in [6, 6.07) is 11.1. The molecule has 0 aliphatic carbocycles. The molecular weight excluding hydrogens is 298 g/mol. The second-order valence-electron chi connectivity index (χ2n) is 5.83. The summed E-state index contributed by atoms with van der Waals surface area (Å²) in [5.74, 6) is 0. The lowest BCUT2D eigenvalue weighted by molar-refractivity contribution is 0.213. The van der Waals surface area contributed by atoms with Gasteiger partial charge in [0, 0.05) is 25.5 Å². The molecule has 3 heterocycles. The van der Waals surface area contributed by atoms with Crippen LogP contribution in [0.15, 0.2) is 53.7 Å². The predicted octanol–water partition coefficient (Wildman–Crippen LogP) is 1.47. The van der Waals surface area contributed by atoms with Gasteiger partial charge in [0.25, 0.3) is 0 Å². The van der Waals surface area contributed by atoms with Crippen LogP contribution in [0.1, 0.15) is 17.5 Å². The Labute approximate surface area is 130 Å². The van der Waals surface area contributed by atoms with E-state index in [9.17, 15) is 8.42 Å². The van der Waals surface area contributed by atoms with E-state index < -0.39 is 15.6 Å². The van der Waals surface area contributed by atoms with E-state index >= 15 is 0 Å². The van der Waals surface area contributed by atoms with Crippen molar-refractivity contribution in [2.75, 3.05) is 13.1 Å². The standard InChI is InChI=1S/C16H17N3O2S/c20-22(21)15-6-2-1-5-14(15)16(7-9-18-12-16)19(22)11-13-4-3-8-17-10-13/h1-6,8,10,18H,7,9,11-12H2. The number of fused-ring (bicyclic) bond motifs is 2. The minimum Gasteiger partial charge on any atom is -0.314 e. The Hall–Kier alpha value is -1.76. The normalized spacial score (nSPS) is 26.4. The number of rotatable bonds is 2. The maximum Gasteiger partial charge on any atom is 0.244 e. The fourth-order valence-electron chi connectivity index (χ4n) is 3.57. The molecule has 1 spiro atoms. The molecule has 1 N–H and O–H groups in total. The lowest BCUT2D eigenvalue weighted by atomic mass is 9.89. The van der Waals surface area contributed by atoms with Crippen molar-refractivity contribution < 1.29 is 8.42 Å². The van der Waals surface area contributed by atoms with Gasteiger partial charge in [0.05, 0.1) is 10.4 Å². The highest BCUT2D eigenvalue weighted by Crippen LogP contribution is 2.48. The number of benzene rings is 1. The van der Waals surface area contributed by atoms with Crippen molar-refractivity contribution in [1.82, 2.24) is 14.6 Å². The molecule has 1 aromatic carbocycles. The summed E-state index contributed by atoms with van der Waals surface area (Å²) in [6.45, 7) is 1.84. The van der Waals surface area contributed by atoms with Gasteiger partial charge in [-0.05, 0) is 36.2 Å². The van der Waals surface area contributed by atoms with E-state index in [1.165, 1.54) is 0 Å². The van der Waals surface area contributed by atoms with Gasteiger partial charge in [-0.3, -0.25) is 4.98 Å². The van der Waals surface area contributed by atoms with Gasteiger partial charge in [-0.15, -0.1) is 0 Å². The van der Waals surface area contributed by atoms with E-state index in [-0.39, 0.29) is 0 Å². The van der Waals surface area contributed by atoms with Gasteiger partial charge in [-0.25, -0.2) is 8.42 Å². The van der Waals surface area contributed by atoms with Gasteiger partial charge in [-0.2, -0.15) is 4.31 Å². The van der Waals surface area contributed by atoms with Crippen LogP contribution < -0.4 is 5.32 Å². The Bertz CT molecular complexity index is 799. The van der Waals surface area contributed by atoms with Crippen LogP contribution in [0.4, 0.5) is 0 Å². The second kappa shape index (κ2) is 4.87. The van der Waals surface area contributed by atoms with Crippen molar-refractivity contribution >= 4 is 10.0 Å². The van der Waals surface area contributed by atoms with Crippen molar-refractivity contribution in [1.29, 1.82) is 0 Å². The first-order valence-electron chi connectivity index (χ1n) is 7.37. The van der Waals surface area contributed by atoms with E-state index in [2.05, 4.69) is 10.3 Å². The molecule has 22 heavy (non-hydrogen) atoms. The van der Waals surface area contributed by atoms with Gasteiger partial charge in [0.1, 0.15) is 0 Å². The molecule has 4 rings (SSSR count). The predicted molar refractivity (Wildman–Crippen MR) is 82.6 cm³/mol. The van der Waals surface area contributed by atoms with Gasteiger partial charge in [0.15, 0.2) is 0 Å². The highest BCUT2D eigenvalue weighted by molar-refractivity contribution is 7.89. The maximum atomic E-state index is 13.0. The van der Waals surface area contributed by atoms with Crippen molar-refractivity contribution in [2.24, 2.45) is 0 Å². The number of nitrogens with one attached hydrogen (secondary N) is 1. The Balaban J connectivity index is 1.86. The number of sulfonamides is 1. The number of hydrogen-bond donors (Lipinski definition) is 1. The average Bonchev–Trinajstić information content (AvgIpc) is 3.09. The molecule has 0 radical (unpaired) electrons. The molecule has 6 heteroatoms. The maximum absolute atomic E-state index is 13.0. The first-order chi connectivity index (χ1) is 10.6. The number of hydrogen-bond acceptors (Lipinski definition) is 4. The molecule has 2 aliphatic rings. The summed E-state index contributed by atoms with van der Waals surface area (Å²) in [5.41, 5.74) is 1.36. The van der Waals surface area contributed by atoms with Crippen LogP contribution in [0, 0.1) is 0 Å². The minimum absolute atomic E-state index is 0.354. The lowest BCUT2D eigenvalue weighted by Crippen LogP contribution is -2.44. The summed E-state index contributed by atoms with van der Waals surface area (Å²) in [6.07, 6.45) is 4.22. The molecule has 1 saturated heterocycles. The molecule has 5 nitrogen and oxygen atoms in total. The zero-order chi connectivity index (χ0) is 15.2. The molecule has 2 aromatic rings. The van der Waals surface area contributed by atoms with E-state index in [4.69, 9.17) is 0 Å². The van der Waals surface area contributed by atoms with Crippen LogP contribution in [0.3, 0.4) is 0 Å². The Morgan fingerprint density at radius 1 is 1.23 bits per heavy atom. The Morgan fingerprint density at radius 3 is 2.82 bits per heavy atom. The monoisotopic (exact) mass is 315 g/mol. The molecule has 1 fully saturated rings. The van der Waals surface area contributed by atoms with Crippen molar-refractivity contribution in [3.05, 3.63) is 59.9 Å².